The van der Waals surface area contributed by atoms with Crippen LogP contribution < -0.4 is 0 Å². The third-order valence-electron chi connectivity index (χ3n) is 1.05. The van der Waals surface area contributed by atoms with Crippen LogP contribution in [0.4, 0.5) is 0 Å². The van der Waals surface area contributed by atoms with Gasteiger partial charge in [-0.25, -0.2) is 4.79 Å². The van der Waals surface area contributed by atoms with Gasteiger partial charge >= 0.3 is 5.97 Å². The van der Waals surface area contributed by atoms with Gasteiger partial charge in [0.15, 0.2) is 3.77 Å². The third-order valence-corrected chi connectivity index (χ3v) is 1.63. The van der Waals surface area contributed by atoms with E-state index in [0.717, 1.165) is 0 Å². The van der Waals surface area contributed by atoms with Gasteiger partial charge in [-0.1, -0.05) is 0 Å². The smallest absolute Gasteiger partial charge is 0.374 e. The number of carbonyl (C=O) groups excluding carboxylic acids is 1. The Labute approximate surface area is 77.9 Å². The monoisotopic (exact) mass is 266 g/mol. The molecule has 0 amide bonds. The maximum Gasteiger partial charge on any atom is 0.374 e. The average molecular weight is 266 g/mol. The van der Waals surface area contributed by atoms with Gasteiger partial charge < -0.3 is 9.15 Å². The summed E-state index contributed by atoms with van der Waals surface area (Å²) in [6, 6.07) is 3.31. The molecule has 11 heavy (non-hydrogen) atoms. The Morgan fingerprint density at radius 1 is 1.73 bits per heavy atom. The molecule has 0 aromatic carbocycles. The van der Waals surface area contributed by atoms with Gasteiger partial charge in [0, 0.05) is 0 Å². The number of ether oxygens (including phenoxy) is 1. The Balaban J connectivity index is 2.69. The number of hydrogen-bond donors (Lipinski definition) is 0. The Morgan fingerprint density at radius 2 is 2.45 bits per heavy atom. The highest BCUT2D eigenvalue weighted by atomic mass is 127. The van der Waals surface area contributed by atoms with Crippen molar-refractivity contribution >= 4 is 28.6 Å². The Morgan fingerprint density at radius 3 is 2.91 bits per heavy atom. The van der Waals surface area contributed by atoms with Gasteiger partial charge in [0.1, 0.15) is 0 Å². The van der Waals surface area contributed by atoms with Crippen molar-refractivity contribution < 1.29 is 13.9 Å². The third kappa shape index (κ3) is 2.21. The molecule has 1 aromatic heterocycles. The largest absolute Gasteiger partial charge is 0.460 e. The minimum Gasteiger partial charge on any atom is -0.460 e. The zero-order chi connectivity index (χ0) is 8.27. The summed E-state index contributed by atoms with van der Waals surface area (Å²) in [4.78, 5) is 10.9. The van der Waals surface area contributed by atoms with Crippen LogP contribution in [0.15, 0.2) is 16.5 Å². The van der Waals surface area contributed by atoms with Crippen LogP contribution >= 0.6 is 22.6 Å². The molecular formula is C7H7IO3. The van der Waals surface area contributed by atoms with Crippen molar-refractivity contribution in [1.82, 2.24) is 0 Å². The fraction of sp³-hybridized carbons (Fsp3) is 0.286. The number of halogens is 1. The van der Waals surface area contributed by atoms with Crippen molar-refractivity contribution in [2.24, 2.45) is 0 Å². The molecule has 1 rings (SSSR count). The normalized spacial score (nSPS) is 9.64. The van der Waals surface area contributed by atoms with Crippen LogP contribution in [0, 0.1) is 3.77 Å². The fourth-order valence-corrected chi connectivity index (χ4v) is 1.04. The zero-order valence-corrected chi connectivity index (χ0v) is 8.12. The molecule has 0 bridgehead atoms. The van der Waals surface area contributed by atoms with E-state index in [2.05, 4.69) is 0 Å². The molecule has 0 spiro atoms. The van der Waals surface area contributed by atoms with Crippen molar-refractivity contribution in [3.63, 3.8) is 0 Å². The second-order valence-corrected chi connectivity index (χ2v) is 2.89. The molecule has 0 aliphatic carbocycles. The Bertz CT molecular complexity index is 254. The number of rotatable bonds is 2. The van der Waals surface area contributed by atoms with Gasteiger partial charge in [-0.15, -0.1) is 0 Å². The van der Waals surface area contributed by atoms with Gasteiger partial charge in [-0.3, -0.25) is 0 Å². The first-order valence-corrected chi connectivity index (χ1v) is 4.24. The molecule has 1 aromatic rings. The molecular weight excluding hydrogens is 259 g/mol. The van der Waals surface area contributed by atoms with Crippen molar-refractivity contribution in [2.75, 3.05) is 6.61 Å². The summed E-state index contributed by atoms with van der Waals surface area (Å²) in [7, 11) is 0. The van der Waals surface area contributed by atoms with E-state index in [1.54, 1.807) is 19.1 Å². The van der Waals surface area contributed by atoms with Gasteiger partial charge in [-0.2, -0.15) is 0 Å². The van der Waals surface area contributed by atoms with E-state index in [0.29, 0.717) is 10.4 Å². The Hall–Kier alpha value is -0.520. The van der Waals surface area contributed by atoms with E-state index >= 15 is 0 Å². The minimum absolute atomic E-state index is 0.260. The predicted molar refractivity (Wildman–Crippen MR) is 47.4 cm³/mol. The Kier molecular flexibility index (Phi) is 2.92. The van der Waals surface area contributed by atoms with Crippen molar-refractivity contribution in [1.29, 1.82) is 0 Å². The zero-order valence-electron chi connectivity index (χ0n) is 5.96. The number of hydrogen-bond acceptors (Lipinski definition) is 3. The van der Waals surface area contributed by atoms with E-state index in [1.807, 2.05) is 22.6 Å². The lowest BCUT2D eigenvalue weighted by molar-refractivity contribution is 0.0488. The first kappa shape index (κ1) is 8.58. The van der Waals surface area contributed by atoms with E-state index in [-0.39, 0.29) is 5.76 Å². The summed E-state index contributed by atoms with van der Waals surface area (Å²) in [5.74, 6) is -0.147. The highest BCUT2D eigenvalue weighted by Crippen LogP contribution is 2.10. The maximum atomic E-state index is 10.9. The summed E-state index contributed by atoms with van der Waals surface area (Å²) in [5, 5.41) is 0. The van der Waals surface area contributed by atoms with E-state index in [4.69, 9.17) is 9.15 Å². The van der Waals surface area contributed by atoms with Gasteiger partial charge in [-0.05, 0) is 41.6 Å². The topological polar surface area (TPSA) is 39.4 Å². The van der Waals surface area contributed by atoms with Crippen LogP contribution in [0.2, 0.25) is 0 Å². The van der Waals surface area contributed by atoms with Crippen LogP contribution in [-0.2, 0) is 4.74 Å². The minimum atomic E-state index is -0.407. The summed E-state index contributed by atoms with van der Waals surface area (Å²) >= 11 is 1.99. The number of furan rings is 1. The molecule has 0 aliphatic heterocycles. The molecule has 0 atom stereocenters. The van der Waals surface area contributed by atoms with E-state index in [9.17, 15) is 4.79 Å². The summed E-state index contributed by atoms with van der Waals surface area (Å²) in [6.45, 7) is 2.13. The molecule has 60 valence electrons. The number of carbonyl (C=O) groups is 1. The van der Waals surface area contributed by atoms with Crippen LogP contribution in [-0.4, -0.2) is 12.6 Å². The highest BCUT2D eigenvalue weighted by molar-refractivity contribution is 14.1. The summed E-state index contributed by atoms with van der Waals surface area (Å²) < 4.78 is 10.4. The quantitative estimate of drug-likeness (QED) is 0.607. The molecule has 0 N–H and O–H groups in total. The second-order valence-electron chi connectivity index (χ2n) is 1.82. The highest BCUT2D eigenvalue weighted by Gasteiger charge is 2.09. The summed E-state index contributed by atoms with van der Waals surface area (Å²) in [5.41, 5.74) is 0. The molecule has 0 aliphatic rings. The summed E-state index contributed by atoms with van der Waals surface area (Å²) in [6.07, 6.45) is 0. The molecule has 1 heterocycles. The van der Waals surface area contributed by atoms with Crippen molar-refractivity contribution in [3.05, 3.63) is 21.7 Å². The van der Waals surface area contributed by atoms with Crippen molar-refractivity contribution in [2.45, 2.75) is 6.92 Å². The second kappa shape index (κ2) is 3.75. The standard InChI is InChI=1S/C7H7IO3/c1-2-10-7(9)5-3-4-6(8)11-5/h3-4H,2H2,1H3. The molecule has 4 heteroatoms. The molecule has 0 radical (unpaired) electrons. The van der Waals surface area contributed by atoms with Crippen LogP contribution in [0.3, 0.4) is 0 Å². The van der Waals surface area contributed by atoms with E-state index in [1.165, 1.54) is 0 Å². The van der Waals surface area contributed by atoms with Gasteiger partial charge in [0.25, 0.3) is 0 Å². The maximum absolute atomic E-state index is 10.9. The van der Waals surface area contributed by atoms with Gasteiger partial charge in [0.05, 0.1) is 6.61 Å². The van der Waals surface area contributed by atoms with Crippen molar-refractivity contribution in [3.8, 4) is 0 Å². The van der Waals surface area contributed by atoms with E-state index < -0.39 is 5.97 Å². The molecule has 0 fully saturated rings. The first-order valence-electron chi connectivity index (χ1n) is 3.16. The average Bonchev–Trinajstić information content (AvgIpc) is 2.36. The van der Waals surface area contributed by atoms with Crippen LogP contribution in [0.25, 0.3) is 0 Å². The fourth-order valence-electron chi connectivity index (χ4n) is 0.626. The lowest BCUT2D eigenvalue weighted by Crippen LogP contribution is -2.02. The lowest BCUT2D eigenvalue weighted by Gasteiger charge is -1.95. The lowest BCUT2D eigenvalue weighted by atomic mass is 10.5. The SMILES string of the molecule is CCOC(=O)c1ccc(I)o1. The van der Waals surface area contributed by atoms with Gasteiger partial charge in [0.2, 0.25) is 5.76 Å². The first-order chi connectivity index (χ1) is 5.24. The number of esters is 1. The van der Waals surface area contributed by atoms with Crippen LogP contribution in [0.5, 0.6) is 0 Å². The predicted octanol–water partition coefficient (Wildman–Crippen LogP) is 2.06. The molecule has 0 unspecified atom stereocenters. The molecule has 0 saturated carbocycles. The molecule has 3 nitrogen and oxygen atoms in total. The van der Waals surface area contributed by atoms with Crippen LogP contribution in [0.1, 0.15) is 17.5 Å². The molecule has 0 saturated heterocycles.